The number of hydrogen-bond acceptors (Lipinski definition) is 4. The molecule has 0 aliphatic rings. The lowest BCUT2D eigenvalue weighted by atomic mass is 10.1. The van der Waals surface area contributed by atoms with E-state index in [1.54, 1.807) is 12.1 Å². The number of ether oxygens (including phenoxy) is 1. The van der Waals surface area contributed by atoms with E-state index in [0.717, 1.165) is 5.56 Å². The van der Waals surface area contributed by atoms with E-state index in [2.05, 4.69) is 0 Å². The van der Waals surface area contributed by atoms with Gasteiger partial charge < -0.3 is 9.29 Å². The Hall–Kier alpha value is -0.910. The van der Waals surface area contributed by atoms with Crippen molar-refractivity contribution >= 4 is 10.1 Å². The van der Waals surface area contributed by atoms with Crippen LogP contribution in [0.5, 0.6) is 0 Å². The molecule has 0 saturated carbocycles. The van der Waals surface area contributed by atoms with Crippen LogP contribution in [0, 0.1) is 6.92 Å². The van der Waals surface area contributed by atoms with Crippen molar-refractivity contribution in [3.63, 3.8) is 0 Å². The molecule has 96 valence electrons. The summed E-state index contributed by atoms with van der Waals surface area (Å²) in [4.78, 5) is -0.143. The Bertz CT molecular complexity index is 477. The van der Waals surface area contributed by atoms with Crippen LogP contribution in [-0.4, -0.2) is 25.7 Å². The lowest BCUT2D eigenvalue weighted by Crippen LogP contribution is -2.09. The molecule has 0 heterocycles. The Morgan fingerprint density at radius 2 is 2.00 bits per heavy atom. The summed E-state index contributed by atoms with van der Waals surface area (Å²) >= 11 is 0. The predicted octanol–water partition coefficient (Wildman–Crippen LogP) is 1.87. The first-order valence-electron chi connectivity index (χ1n) is 5.47. The van der Waals surface area contributed by atoms with Crippen molar-refractivity contribution in [1.29, 1.82) is 0 Å². The molecule has 0 fully saturated rings. The average molecular weight is 257 g/mol. The molecule has 0 aliphatic heterocycles. The smallest absolute Gasteiger partial charge is 0.124 e. The molecule has 0 amide bonds. The van der Waals surface area contributed by atoms with Crippen LogP contribution in [0.4, 0.5) is 0 Å². The topological polar surface area (TPSA) is 66.4 Å². The van der Waals surface area contributed by atoms with Gasteiger partial charge in [0.25, 0.3) is 0 Å². The van der Waals surface area contributed by atoms with Crippen molar-refractivity contribution in [2.75, 3.05) is 6.61 Å². The van der Waals surface area contributed by atoms with Gasteiger partial charge >= 0.3 is 0 Å². The van der Waals surface area contributed by atoms with Crippen LogP contribution in [0.25, 0.3) is 0 Å². The molecule has 1 rings (SSSR count). The van der Waals surface area contributed by atoms with Gasteiger partial charge in [0.05, 0.1) is 17.6 Å². The molecule has 0 aliphatic carbocycles. The SMILES string of the molecule is Cc1ccc(S(=O)(=O)[O-])c(CCOC(C)C)c1. The van der Waals surface area contributed by atoms with Crippen molar-refractivity contribution in [1.82, 2.24) is 0 Å². The Labute approximate surface area is 102 Å². The second-order valence-corrected chi connectivity index (χ2v) is 5.58. The van der Waals surface area contributed by atoms with Gasteiger partial charge in [0, 0.05) is 0 Å². The number of benzene rings is 1. The van der Waals surface area contributed by atoms with E-state index >= 15 is 0 Å². The average Bonchev–Trinajstić information content (AvgIpc) is 2.15. The van der Waals surface area contributed by atoms with Crippen LogP contribution in [0.3, 0.4) is 0 Å². The molecule has 0 radical (unpaired) electrons. The van der Waals surface area contributed by atoms with Gasteiger partial charge in [-0.25, -0.2) is 8.42 Å². The number of hydrogen-bond donors (Lipinski definition) is 0. The van der Waals surface area contributed by atoms with Crippen molar-refractivity contribution in [3.8, 4) is 0 Å². The number of aryl methyl sites for hydroxylation is 1. The van der Waals surface area contributed by atoms with Gasteiger partial charge in [-0.2, -0.15) is 0 Å². The maximum Gasteiger partial charge on any atom is 0.124 e. The van der Waals surface area contributed by atoms with Crippen LogP contribution >= 0.6 is 0 Å². The van der Waals surface area contributed by atoms with Gasteiger partial charge in [-0.05, 0) is 38.8 Å². The Balaban J connectivity index is 2.92. The van der Waals surface area contributed by atoms with Crippen LogP contribution in [0.1, 0.15) is 25.0 Å². The van der Waals surface area contributed by atoms with Crippen LogP contribution in [-0.2, 0) is 21.3 Å². The minimum Gasteiger partial charge on any atom is -0.744 e. The van der Waals surface area contributed by atoms with E-state index in [0.29, 0.717) is 18.6 Å². The maximum atomic E-state index is 11.1. The minimum atomic E-state index is -4.41. The third-order valence-electron chi connectivity index (χ3n) is 2.31. The highest BCUT2D eigenvalue weighted by molar-refractivity contribution is 7.85. The van der Waals surface area contributed by atoms with Gasteiger partial charge in [0.15, 0.2) is 0 Å². The first-order valence-corrected chi connectivity index (χ1v) is 6.88. The Kier molecular flexibility index (Phi) is 4.68. The summed E-state index contributed by atoms with van der Waals surface area (Å²) in [5.41, 5.74) is 1.46. The zero-order valence-electron chi connectivity index (χ0n) is 10.3. The molecule has 0 aromatic heterocycles. The summed E-state index contributed by atoms with van der Waals surface area (Å²) in [6, 6.07) is 4.70. The molecule has 0 bridgehead atoms. The van der Waals surface area contributed by atoms with Crippen molar-refractivity contribution < 1.29 is 17.7 Å². The molecule has 0 spiro atoms. The van der Waals surface area contributed by atoms with Crippen LogP contribution in [0.15, 0.2) is 23.1 Å². The fourth-order valence-corrected chi connectivity index (χ4v) is 2.27. The van der Waals surface area contributed by atoms with Gasteiger partial charge in [-0.1, -0.05) is 17.7 Å². The van der Waals surface area contributed by atoms with Gasteiger partial charge in [0.2, 0.25) is 0 Å². The minimum absolute atomic E-state index is 0.0899. The van der Waals surface area contributed by atoms with Crippen LogP contribution < -0.4 is 0 Å². The summed E-state index contributed by atoms with van der Waals surface area (Å²) in [5.74, 6) is 0. The molecule has 0 N–H and O–H groups in total. The normalized spacial score (nSPS) is 12.1. The summed E-state index contributed by atoms with van der Waals surface area (Å²) in [6.45, 7) is 6.07. The molecular weight excluding hydrogens is 240 g/mol. The number of rotatable bonds is 5. The molecule has 5 heteroatoms. The van der Waals surface area contributed by atoms with Gasteiger partial charge in [-0.15, -0.1) is 0 Å². The molecule has 1 aromatic carbocycles. The fraction of sp³-hybridized carbons (Fsp3) is 0.500. The van der Waals surface area contributed by atoms with E-state index in [1.807, 2.05) is 20.8 Å². The van der Waals surface area contributed by atoms with Gasteiger partial charge in [-0.3, -0.25) is 0 Å². The zero-order valence-corrected chi connectivity index (χ0v) is 11.1. The molecule has 17 heavy (non-hydrogen) atoms. The highest BCUT2D eigenvalue weighted by Gasteiger charge is 2.09. The van der Waals surface area contributed by atoms with Crippen molar-refractivity contribution in [2.24, 2.45) is 0 Å². The van der Waals surface area contributed by atoms with E-state index in [1.165, 1.54) is 6.07 Å². The molecule has 0 unspecified atom stereocenters. The molecule has 1 aromatic rings. The third kappa shape index (κ3) is 4.46. The Morgan fingerprint density at radius 1 is 1.35 bits per heavy atom. The van der Waals surface area contributed by atoms with E-state index in [9.17, 15) is 13.0 Å². The first kappa shape index (κ1) is 14.2. The quantitative estimate of drug-likeness (QED) is 0.755. The summed E-state index contributed by atoms with van der Waals surface area (Å²) in [5, 5.41) is 0. The summed E-state index contributed by atoms with van der Waals surface area (Å²) in [7, 11) is -4.41. The monoisotopic (exact) mass is 257 g/mol. The molecule has 4 nitrogen and oxygen atoms in total. The lowest BCUT2D eigenvalue weighted by molar-refractivity contribution is 0.0810. The highest BCUT2D eigenvalue weighted by atomic mass is 32.2. The molecule has 0 atom stereocenters. The lowest BCUT2D eigenvalue weighted by Gasteiger charge is -2.14. The van der Waals surface area contributed by atoms with Crippen LogP contribution in [0.2, 0.25) is 0 Å². The first-order chi connectivity index (χ1) is 7.80. The van der Waals surface area contributed by atoms with E-state index in [-0.39, 0.29) is 11.0 Å². The second kappa shape index (κ2) is 5.62. The standard InChI is InChI=1S/C12H18O4S/c1-9(2)16-7-6-11-8-10(3)4-5-12(11)17(13,14)15/h4-5,8-9H,6-7H2,1-3H3,(H,13,14,15)/p-1. The fourth-order valence-electron chi connectivity index (χ4n) is 1.55. The van der Waals surface area contributed by atoms with E-state index in [4.69, 9.17) is 4.74 Å². The largest absolute Gasteiger partial charge is 0.744 e. The molecular formula is C12H17O4S-. The molecule has 0 saturated heterocycles. The van der Waals surface area contributed by atoms with Crippen molar-refractivity contribution in [2.45, 2.75) is 38.2 Å². The predicted molar refractivity (Wildman–Crippen MR) is 63.9 cm³/mol. The highest BCUT2D eigenvalue weighted by Crippen LogP contribution is 2.18. The van der Waals surface area contributed by atoms with Crippen molar-refractivity contribution in [3.05, 3.63) is 29.3 Å². The summed E-state index contributed by atoms with van der Waals surface area (Å²) < 4.78 is 38.6. The summed E-state index contributed by atoms with van der Waals surface area (Å²) in [6.07, 6.45) is 0.517. The van der Waals surface area contributed by atoms with Gasteiger partial charge in [0.1, 0.15) is 10.1 Å². The zero-order chi connectivity index (χ0) is 13.1. The van der Waals surface area contributed by atoms with E-state index < -0.39 is 10.1 Å². The second-order valence-electron chi connectivity index (χ2n) is 4.23. The third-order valence-corrected chi connectivity index (χ3v) is 3.24. The maximum absolute atomic E-state index is 11.1. The Morgan fingerprint density at radius 3 is 2.53 bits per heavy atom.